The minimum absolute atomic E-state index is 0.148. The molecule has 0 unspecified atom stereocenters. The van der Waals surface area contributed by atoms with Crippen molar-refractivity contribution in [2.75, 3.05) is 7.11 Å². The highest BCUT2D eigenvalue weighted by atomic mass is 35.5. The van der Waals surface area contributed by atoms with E-state index in [1.165, 1.54) is 13.2 Å². The maximum atomic E-state index is 10.9. The van der Waals surface area contributed by atoms with Crippen molar-refractivity contribution in [2.45, 2.75) is 6.42 Å². The largest absolute Gasteiger partial charge is 0.469 e. The predicted octanol–water partition coefficient (Wildman–Crippen LogP) is 0.534. The fourth-order valence-electron chi connectivity index (χ4n) is 0.990. The molecule has 0 atom stereocenters. The highest BCUT2D eigenvalue weighted by Gasteiger charge is 2.09. The Morgan fingerprint density at radius 2 is 2.29 bits per heavy atom. The van der Waals surface area contributed by atoms with Crippen LogP contribution in [0.1, 0.15) is 5.56 Å². The van der Waals surface area contributed by atoms with Crippen LogP contribution in [0.25, 0.3) is 0 Å². The summed E-state index contributed by atoms with van der Waals surface area (Å²) < 4.78 is 4.49. The van der Waals surface area contributed by atoms with Crippen LogP contribution in [0, 0.1) is 4.91 Å². The Morgan fingerprint density at radius 3 is 2.79 bits per heavy atom. The van der Waals surface area contributed by atoms with Gasteiger partial charge in [0, 0.05) is 16.2 Å². The van der Waals surface area contributed by atoms with Gasteiger partial charge < -0.3 is 4.74 Å². The van der Waals surface area contributed by atoms with Gasteiger partial charge >= 0.3 is 5.97 Å². The molecule has 0 amide bonds. The first kappa shape index (κ1) is 10.7. The number of methoxy groups -OCH3 is 1. The fourth-order valence-corrected chi connectivity index (χ4v) is 1.23. The summed E-state index contributed by atoms with van der Waals surface area (Å²) >= 11 is 5.74. The Balaban J connectivity index is 2.86. The molecule has 0 fully saturated rings. The lowest BCUT2D eigenvalue weighted by molar-refractivity contribution is -0.379. The second kappa shape index (κ2) is 4.72. The molecule has 0 heterocycles. The second-order valence-electron chi connectivity index (χ2n) is 2.67. The molecular formula is C9H9ClNO3+. The molecule has 5 heteroatoms. The Hall–Kier alpha value is -1.42. The molecule has 0 saturated heterocycles. The van der Waals surface area contributed by atoms with E-state index in [1.54, 1.807) is 17.3 Å². The molecule has 0 saturated carbocycles. The van der Waals surface area contributed by atoms with Crippen LogP contribution in [0.15, 0.2) is 18.2 Å². The van der Waals surface area contributed by atoms with E-state index >= 15 is 0 Å². The van der Waals surface area contributed by atoms with Gasteiger partial charge in [-0.25, -0.2) is 0 Å². The first-order valence-electron chi connectivity index (χ1n) is 3.90. The van der Waals surface area contributed by atoms with Crippen molar-refractivity contribution in [3.05, 3.63) is 33.7 Å². The Bertz CT molecular complexity index is 365. The summed E-state index contributed by atoms with van der Waals surface area (Å²) in [4.78, 5) is 21.2. The van der Waals surface area contributed by atoms with Gasteiger partial charge in [0.05, 0.1) is 13.5 Å². The number of rotatable bonds is 3. The van der Waals surface area contributed by atoms with E-state index in [0.29, 0.717) is 16.3 Å². The zero-order valence-electron chi connectivity index (χ0n) is 7.54. The molecule has 0 aliphatic rings. The molecule has 0 aliphatic carbocycles. The first-order valence-corrected chi connectivity index (χ1v) is 4.28. The molecule has 0 aromatic heterocycles. The summed E-state index contributed by atoms with van der Waals surface area (Å²) in [6, 6.07) is 4.72. The summed E-state index contributed by atoms with van der Waals surface area (Å²) in [5.74, 6) is -0.344. The summed E-state index contributed by atoms with van der Waals surface area (Å²) in [6.07, 6.45) is 0.148. The number of nitroso groups, excluding NO2 is 1. The molecular weight excluding hydrogens is 206 g/mol. The van der Waals surface area contributed by atoms with Crippen molar-refractivity contribution in [2.24, 2.45) is 0 Å². The molecule has 0 bridgehead atoms. The molecule has 0 radical (unpaired) electrons. The molecule has 0 aliphatic heterocycles. The van der Waals surface area contributed by atoms with Crippen molar-refractivity contribution in [3.63, 3.8) is 0 Å². The van der Waals surface area contributed by atoms with E-state index in [1.807, 2.05) is 0 Å². The third-order valence-corrected chi connectivity index (χ3v) is 2.03. The standard InChI is InChI=1S/C9H8ClNO3/c1-14-9(12)5-6-2-3-8(11-13)7(10)4-6/h2-4H,5H2,1H3/p+1. The number of hydrogen-bond donors (Lipinski definition) is 1. The molecule has 4 nitrogen and oxygen atoms in total. The molecule has 74 valence electrons. The van der Waals surface area contributed by atoms with E-state index in [2.05, 4.69) is 4.74 Å². The zero-order chi connectivity index (χ0) is 10.6. The minimum Gasteiger partial charge on any atom is -0.469 e. The van der Waals surface area contributed by atoms with Crippen LogP contribution < -0.4 is 5.18 Å². The molecule has 1 aromatic carbocycles. The Labute approximate surface area is 85.8 Å². The van der Waals surface area contributed by atoms with E-state index < -0.39 is 0 Å². The lowest BCUT2D eigenvalue weighted by Crippen LogP contribution is -2.55. The smallest absolute Gasteiger partial charge is 0.309 e. The van der Waals surface area contributed by atoms with E-state index in [-0.39, 0.29) is 12.4 Å². The van der Waals surface area contributed by atoms with Crippen LogP contribution in [0.3, 0.4) is 0 Å². The number of hydrogen-bond acceptors (Lipinski definition) is 3. The number of nitrogens with one attached hydrogen (secondary N) is 1. The molecule has 14 heavy (non-hydrogen) atoms. The van der Waals surface area contributed by atoms with E-state index in [4.69, 9.17) is 11.6 Å². The van der Waals surface area contributed by atoms with Gasteiger partial charge in [0.15, 0.2) is 0 Å². The minimum atomic E-state index is -0.344. The van der Waals surface area contributed by atoms with Crippen LogP contribution in [0.5, 0.6) is 0 Å². The third kappa shape index (κ3) is 2.53. The van der Waals surface area contributed by atoms with Crippen molar-refractivity contribution in [1.29, 1.82) is 0 Å². The van der Waals surface area contributed by atoms with Gasteiger partial charge in [0.25, 0.3) is 5.69 Å². The van der Waals surface area contributed by atoms with E-state index in [0.717, 1.165) is 0 Å². The van der Waals surface area contributed by atoms with Crippen molar-refractivity contribution < 1.29 is 14.7 Å². The van der Waals surface area contributed by atoms with Gasteiger partial charge in [0.1, 0.15) is 5.02 Å². The maximum Gasteiger partial charge on any atom is 0.309 e. The number of ether oxygens (including phenoxy) is 1. The zero-order valence-corrected chi connectivity index (χ0v) is 8.30. The van der Waals surface area contributed by atoms with Crippen LogP contribution in [0.2, 0.25) is 5.02 Å². The van der Waals surface area contributed by atoms with Gasteiger partial charge in [-0.1, -0.05) is 17.7 Å². The van der Waals surface area contributed by atoms with Crippen LogP contribution in [0.4, 0.5) is 5.69 Å². The van der Waals surface area contributed by atoms with Gasteiger partial charge in [0.2, 0.25) is 0 Å². The average Bonchev–Trinajstić information content (AvgIpc) is 2.18. The lowest BCUT2D eigenvalue weighted by Gasteiger charge is -1.99. The number of carbonyl (C=O) groups excluding carboxylic acids is 1. The van der Waals surface area contributed by atoms with Gasteiger partial charge in [-0.3, -0.25) is 4.79 Å². The Morgan fingerprint density at radius 1 is 1.57 bits per heavy atom. The normalized spacial score (nSPS) is 9.57. The third-order valence-electron chi connectivity index (χ3n) is 1.72. The monoisotopic (exact) mass is 214 g/mol. The Kier molecular flexibility index (Phi) is 3.59. The van der Waals surface area contributed by atoms with Gasteiger partial charge in [-0.05, 0) is 11.6 Å². The topological polar surface area (TPSA) is 57.3 Å². The fraction of sp³-hybridized carbons (Fsp3) is 0.222. The number of benzene rings is 1. The summed E-state index contributed by atoms with van der Waals surface area (Å²) in [5.41, 5.74) is 1.00. The molecule has 0 spiro atoms. The molecule has 1 aromatic rings. The number of esters is 1. The average molecular weight is 215 g/mol. The highest BCUT2D eigenvalue weighted by Crippen LogP contribution is 2.18. The lowest BCUT2D eigenvalue weighted by atomic mass is 10.1. The van der Waals surface area contributed by atoms with Crippen LogP contribution >= 0.6 is 11.6 Å². The second-order valence-corrected chi connectivity index (χ2v) is 3.08. The summed E-state index contributed by atoms with van der Waals surface area (Å²) in [5, 5.41) is 1.98. The van der Waals surface area contributed by atoms with E-state index in [9.17, 15) is 9.70 Å². The predicted molar refractivity (Wildman–Crippen MR) is 51.2 cm³/mol. The summed E-state index contributed by atoms with van der Waals surface area (Å²) in [7, 11) is 1.32. The van der Waals surface area contributed by atoms with Crippen molar-refractivity contribution >= 4 is 23.3 Å². The highest BCUT2D eigenvalue weighted by molar-refractivity contribution is 6.32. The molecule has 1 N–H and O–H groups in total. The number of carbonyl (C=O) groups is 1. The molecule has 1 rings (SSSR count). The van der Waals surface area contributed by atoms with Gasteiger partial charge in [-0.2, -0.15) is 0 Å². The number of halogens is 1. The maximum absolute atomic E-state index is 10.9. The van der Waals surface area contributed by atoms with Crippen molar-refractivity contribution in [1.82, 2.24) is 0 Å². The van der Waals surface area contributed by atoms with Crippen LogP contribution in [-0.2, 0) is 16.0 Å². The van der Waals surface area contributed by atoms with Gasteiger partial charge in [-0.15, -0.1) is 0 Å². The van der Waals surface area contributed by atoms with Crippen molar-refractivity contribution in [3.8, 4) is 0 Å². The summed E-state index contributed by atoms with van der Waals surface area (Å²) in [6.45, 7) is 0. The van der Waals surface area contributed by atoms with Crippen LogP contribution in [-0.4, -0.2) is 13.1 Å². The first-order chi connectivity index (χ1) is 6.67. The SMILES string of the molecule is COC(=O)Cc1ccc([NH+]=O)c(Cl)c1. The quantitative estimate of drug-likeness (QED) is 0.747.